The molecule has 2 aliphatic heterocycles. The molecule has 15 aromatic rings. The number of benzene rings is 13. The predicted molar refractivity (Wildman–Crippen MR) is 443 cm³/mol. The van der Waals surface area contributed by atoms with Crippen LogP contribution in [-0.2, 0) is 27.1 Å². The van der Waals surface area contributed by atoms with Crippen molar-refractivity contribution in [3.8, 4) is 61.3 Å². The summed E-state index contributed by atoms with van der Waals surface area (Å²) in [6.45, 7) is 33.6. The van der Waals surface area contributed by atoms with E-state index in [0.717, 1.165) is 128 Å². The Bertz CT molecular complexity index is 6130. The molecule has 0 spiro atoms. The monoisotopic (exact) mass is 1340 g/mol. The molecule has 0 fully saturated rings. The van der Waals surface area contributed by atoms with E-state index in [0.29, 0.717) is 11.1 Å². The predicted octanol–water partition coefficient (Wildman–Crippen LogP) is 25.6. The quantitative estimate of drug-likeness (QED) is 0.142. The first-order valence-corrected chi connectivity index (χ1v) is 36.5. The van der Waals surface area contributed by atoms with Crippen molar-refractivity contribution in [1.82, 2.24) is 4.57 Å². The van der Waals surface area contributed by atoms with Crippen LogP contribution in [0.2, 0.25) is 0 Å². The number of aromatic nitrogens is 1. The average Bonchev–Trinajstić information content (AvgIpc) is 0.699. The highest BCUT2D eigenvalue weighted by Gasteiger charge is 2.45. The zero-order valence-corrected chi connectivity index (χ0v) is 61.9. The molecule has 0 saturated heterocycles. The van der Waals surface area contributed by atoms with Crippen molar-refractivity contribution in [2.45, 2.75) is 131 Å². The molecule has 0 amide bonds. The summed E-state index contributed by atoms with van der Waals surface area (Å²) >= 11 is 0. The summed E-state index contributed by atoms with van der Waals surface area (Å²) in [5.74, 6) is 0. The fourth-order valence-corrected chi connectivity index (χ4v) is 16.0. The van der Waals surface area contributed by atoms with E-state index in [1.54, 1.807) is 0 Å². The van der Waals surface area contributed by atoms with E-state index in [1.165, 1.54) is 38.6 Å². The second kappa shape index (κ2) is 23.9. The molecule has 0 saturated carbocycles. The molecule has 17 rings (SSSR count). The molecule has 2 aliphatic rings. The van der Waals surface area contributed by atoms with Gasteiger partial charge in [-0.15, -0.1) is 0 Å². The summed E-state index contributed by atoms with van der Waals surface area (Å²) in [4.78, 5) is 4.77. The fourth-order valence-electron chi connectivity index (χ4n) is 16.0. The maximum atomic E-state index is 9.93. The van der Waals surface area contributed by atoms with Crippen LogP contribution in [0, 0.1) is 0 Å². The van der Waals surface area contributed by atoms with Gasteiger partial charge in [-0.05, 0) is 206 Å². The van der Waals surface area contributed by atoms with Crippen LogP contribution in [0.25, 0.3) is 105 Å². The van der Waals surface area contributed by atoms with Crippen molar-refractivity contribution < 1.29 is 11.3 Å². The third-order valence-electron chi connectivity index (χ3n) is 21.8. The first kappa shape index (κ1) is 59.8. The van der Waals surface area contributed by atoms with Crippen LogP contribution < -0.4 is 26.2 Å². The smallest absolute Gasteiger partial charge is 0.252 e. The van der Waals surface area contributed by atoms with Gasteiger partial charge in [-0.3, -0.25) is 0 Å². The van der Waals surface area contributed by atoms with Gasteiger partial charge in [-0.2, -0.15) is 0 Å². The van der Waals surface area contributed by atoms with Crippen LogP contribution in [-0.4, -0.2) is 11.3 Å². The van der Waals surface area contributed by atoms with E-state index < -0.39 is 24.8 Å². The van der Waals surface area contributed by atoms with E-state index in [2.05, 4.69) is 361 Å². The number of hydrogen-bond acceptors (Lipinski definition) is 3. The minimum atomic E-state index is -0.452. The highest BCUT2D eigenvalue weighted by molar-refractivity contribution is 7.00. The van der Waals surface area contributed by atoms with Crippen molar-refractivity contribution in [3.05, 3.63) is 301 Å². The molecule has 506 valence electrons. The summed E-state index contributed by atoms with van der Waals surface area (Å²) in [5.41, 5.74) is 27.5. The van der Waals surface area contributed by atoms with Gasteiger partial charge in [0, 0.05) is 50.0 Å². The first-order valence-electron chi connectivity index (χ1n) is 39.0. The second-order valence-corrected chi connectivity index (χ2v) is 33.9. The lowest BCUT2D eigenvalue weighted by molar-refractivity contribution is 0.590. The molecule has 5 heteroatoms. The number of fused-ring (bicyclic) bond motifs is 10. The SMILES string of the molecule is [2H]c1c([2H])c([2H])c(-c2cc3c4c(c2)N(c2cccc5c2oc2c(-n6c7ccc(C(C)(C)C)cc7c7cc(C(C)(C)C)ccc76)cccc25)c2cc(-c5cccc(C(C)(C)C)c5)ccc2B4c2ccc(-c4cccc(C(C)(C)C)c4)cc2N3c2cc(-c3ccccc3)cc(-c3ccc(C(C)(C)C)cc3)c2)c([2H])c1[2H]. The molecule has 0 unspecified atom stereocenters. The molecule has 0 atom stereocenters. The minimum Gasteiger partial charge on any atom is -0.452 e. The second-order valence-electron chi connectivity index (χ2n) is 33.9. The van der Waals surface area contributed by atoms with Gasteiger partial charge in [0.25, 0.3) is 6.71 Å². The summed E-state index contributed by atoms with van der Waals surface area (Å²) in [6, 6.07) is 87.6. The molecule has 2 aromatic heterocycles. The molecule has 4 nitrogen and oxygen atoms in total. The lowest BCUT2D eigenvalue weighted by Crippen LogP contribution is -2.61. The summed E-state index contributed by atoms with van der Waals surface area (Å²) < 4.78 is 57.8. The third kappa shape index (κ3) is 11.3. The Morgan fingerprint density at radius 2 is 0.689 bits per heavy atom. The molecule has 103 heavy (non-hydrogen) atoms. The summed E-state index contributed by atoms with van der Waals surface area (Å²) in [5, 5.41) is 4.26. The number of anilines is 6. The Morgan fingerprint density at radius 3 is 1.21 bits per heavy atom. The van der Waals surface area contributed by atoms with E-state index in [-0.39, 0.29) is 44.7 Å². The van der Waals surface area contributed by atoms with Crippen molar-refractivity contribution in [3.63, 3.8) is 0 Å². The maximum Gasteiger partial charge on any atom is 0.252 e. The zero-order valence-electron chi connectivity index (χ0n) is 66.9. The van der Waals surface area contributed by atoms with Crippen LogP contribution >= 0.6 is 0 Å². The van der Waals surface area contributed by atoms with Crippen molar-refractivity contribution in [2.24, 2.45) is 0 Å². The molecule has 4 heterocycles. The third-order valence-corrected chi connectivity index (χ3v) is 21.8. The molecule has 0 aliphatic carbocycles. The standard InChI is InChI=1S/C98H90BN3O/c1-94(2,3)71-42-38-63(39-43-71)69-50-68(61-26-18-16-19-27-61)53-76(54-69)100-87-55-66(64-30-22-32-72(51-64)95(4,5)6)40-46-81(87)99-82-47-41-67(65-31-23-33-73(52-65)96(7,8)9)56-88(82)102(90-58-70(57-89(100)91(90)99)62-28-20-17-21-29-62)86-37-25-35-78-77-34-24-36-85(92(77)103-93(78)86)101-83-48-44-74(97(10,11)12)59-79(83)80-60-75(98(13,14)15)45-49-84(80)101/h16-60H,1-15H3/i17D,20D,21D,28D,29D. The van der Waals surface area contributed by atoms with Crippen LogP contribution in [0.4, 0.5) is 34.1 Å². The van der Waals surface area contributed by atoms with E-state index in [1.807, 2.05) is 0 Å². The number of hydrogen-bond donors (Lipinski definition) is 0. The number of rotatable bonds is 8. The molecule has 13 aromatic carbocycles. The maximum absolute atomic E-state index is 9.93. The molecule has 0 N–H and O–H groups in total. The van der Waals surface area contributed by atoms with Crippen LogP contribution in [0.1, 0.15) is 139 Å². The normalized spacial score (nSPS) is 14.0. The van der Waals surface area contributed by atoms with Gasteiger partial charge >= 0.3 is 0 Å². The van der Waals surface area contributed by atoms with Gasteiger partial charge < -0.3 is 18.8 Å². The minimum absolute atomic E-state index is 0.0656. The average molecular weight is 1340 g/mol. The van der Waals surface area contributed by atoms with Gasteiger partial charge in [0.2, 0.25) is 0 Å². The Kier molecular flexibility index (Phi) is 13.8. The largest absolute Gasteiger partial charge is 0.452 e. The number of furan rings is 1. The van der Waals surface area contributed by atoms with Crippen molar-refractivity contribution in [2.75, 3.05) is 9.80 Å². The Balaban J connectivity index is 1.00. The van der Waals surface area contributed by atoms with Gasteiger partial charge in [-0.25, -0.2) is 0 Å². The zero-order chi connectivity index (χ0) is 75.7. The molecular formula is C98H90BN3O. The van der Waals surface area contributed by atoms with Gasteiger partial charge in [0.1, 0.15) is 0 Å². The van der Waals surface area contributed by atoms with E-state index >= 15 is 0 Å². The van der Waals surface area contributed by atoms with Crippen LogP contribution in [0.15, 0.2) is 277 Å². The molecule has 0 bridgehead atoms. The Labute approximate surface area is 616 Å². The summed E-state index contributed by atoms with van der Waals surface area (Å²) in [6.07, 6.45) is 0. The molecular weight excluding hydrogens is 1250 g/mol. The first-order chi connectivity index (χ1) is 51.3. The lowest BCUT2D eigenvalue weighted by Gasteiger charge is -2.44. The number of para-hydroxylation sites is 2. The molecule has 0 radical (unpaired) electrons. The van der Waals surface area contributed by atoms with Gasteiger partial charge in [-0.1, -0.05) is 298 Å². The summed E-state index contributed by atoms with van der Waals surface area (Å²) in [7, 11) is 0. The Hall–Kier alpha value is -10.9. The van der Waals surface area contributed by atoms with Gasteiger partial charge in [0.05, 0.1) is 29.3 Å². The van der Waals surface area contributed by atoms with E-state index in [9.17, 15) is 5.48 Å². The Morgan fingerprint density at radius 1 is 0.282 bits per heavy atom. The highest BCUT2D eigenvalue weighted by Crippen LogP contribution is 2.52. The van der Waals surface area contributed by atoms with E-state index in [4.69, 9.17) is 5.79 Å². The van der Waals surface area contributed by atoms with Crippen LogP contribution in [0.5, 0.6) is 0 Å². The van der Waals surface area contributed by atoms with Gasteiger partial charge in [0.15, 0.2) is 11.2 Å². The highest BCUT2D eigenvalue weighted by atomic mass is 16.3. The van der Waals surface area contributed by atoms with Crippen molar-refractivity contribution in [1.29, 1.82) is 0 Å². The van der Waals surface area contributed by atoms with Crippen molar-refractivity contribution >= 4 is 101 Å². The topological polar surface area (TPSA) is 24.6 Å². The number of nitrogens with zero attached hydrogens (tertiary/aromatic N) is 3. The fraction of sp³-hybridized carbons (Fsp3) is 0.204. The lowest BCUT2D eigenvalue weighted by atomic mass is 9.33. The van der Waals surface area contributed by atoms with Crippen LogP contribution in [0.3, 0.4) is 0 Å².